The Morgan fingerprint density at radius 3 is 2.74 bits per heavy atom. The first-order valence-electron chi connectivity index (χ1n) is 6.73. The number of thiophene rings is 1. The second-order valence-corrected chi connectivity index (χ2v) is 8.60. The molecular weight excluding hydrogens is 280 g/mol. The fourth-order valence-corrected chi connectivity index (χ4v) is 4.98. The van der Waals surface area contributed by atoms with Gasteiger partial charge in [0.2, 0.25) is 0 Å². The first-order valence-corrected chi connectivity index (χ1v) is 8.99. The van der Waals surface area contributed by atoms with E-state index >= 15 is 0 Å². The highest BCUT2D eigenvalue weighted by Crippen LogP contribution is 2.30. The van der Waals surface area contributed by atoms with Crippen LogP contribution in [0.4, 0.5) is 0 Å². The van der Waals surface area contributed by atoms with Crippen molar-refractivity contribution in [2.45, 2.75) is 29.9 Å². The molecule has 0 atom stereocenters. The number of rotatable bonds is 7. The molecule has 1 aliphatic carbocycles. The predicted molar refractivity (Wildman–Crippen MR) is 79.1 cm³/mol. The van der Waals surface area contributed by atoms with E-state index in [4.69, 9.17) is 0 Å². The molecule has 0 saturated heterocycles. The summed E-state index contributed by atoms with van der Waals surface area (Å²) >= 11 is 1.39. The molecule has 4 nitrogen and oxygen atoms in total. The fraction of sp³-hybridized carbons (Fsp3) is 0.692. The smallest absolute Gasteiger partial charge is 0.252 e. The fourth-order valence-electron chi connectivity index (χ4n) is 2.17. The average molecular weight is 302 g/mol. The lowest BCUT2D eigenvalue weighted by Gasteiger charge is -2.29. The predicted octanol–water partition coefficient (Wildman–Crippen LogP) is 1.93. The van der Waals surface area contributed by atoms with Crippen LogP contribution in [0.15, 0.2) is 16.3 Å². The van der Waals surface area contributed by atoms with Crippen molar-refractivity contribution in [3.63, 3.8) is 0 Å². The Balaban J connectivity index is 2.02. The van der Waals surface area contributed by atoms with E-state index in [9.17, 15) is 8.42 Å². The van der Waals surface area contributed by atoms with Crippen molar-refractivity contribution in [2.24, 2.45) is 5.92 Å². The molecule has 1 aliphatic rings. The van der Waals surface area contributed by atoms with Gasteiger partial charge in [-0.05, 0) is 50.9 Å². The van der Waals surface area contributed by atoms with Crippen molar-refractivity contribution in [1.29, 1.82) is 0 Å². The lowest BCUT2D eigenvalue weighted by Crippen LogP contribution is -2.33. The first kappa shape index (κ1) is 15.0. The molecule has 0 aliphatic heterocycles. The van der Waals surface area contributed by atoms with Crippen LogP contribution in [0.3, 0.4) is 0 Å². The molecule has 19 heavy (non-hydrogen) atoms. The normalized spacial score (nSPS) is 16.8. The number of hydrogen-bond acceptors (Lipinski definition) is 4. The number of likely N-dealkylation sites (N-methyl/N-ethyl adjacent to an activating group) is 1. The summed E-state index contributed by atoms with van der Waals surface area (Å²) in [4.78, 5) is 1.12. The monoisotopic (exact) mass is 302 g/mol. The summed E-state index contributed by atoms with van der Waals surface area (Å²) in [6.07, 6.45) is 4.45. The number of nitrogens with one attached hydrogen (secondary N) is 1. The third-order valence-corrected chi connectivity index (χ3v) is 7.10. The molecule has 0 aromatic carbocycles. The van der Waals surface area contributed by atoms with Crippen LogP contribution < -0.4 is 5.32 Å². The van der Waals surface area contributed by atoms with E-state index < -0.39 is 10.0 Å². The van der Waals surface area contributed by atoms with Gasteiger partial charge in [0.15, 0.2) is 0 Å². The Bertz CT molecular complexity index is 506. The van der Waals surface area contributed by atoms with Gasteiger partial charge in [0.25, 0.3) is 10.0 Å². The molecule has 0 radical (unpaired) electrons. The van der Waals surface area contributed by atoms with Gasteiger partial charge in [0.1, 0.15) is 4.21 Å². The molecule has 1 heterocycles. The minimum absolute atomic E-state index is 0.473. The standard InChI is InChI=1S/C13H22N2O2S2/c1-14-9-8-12-6-7-13(18-12)19(16,17)15(2)10-11-4-3-5-11/h6-7,11,14H,3-5,8-10H2,1-2H3. The number of hydrogen-bond donors (Lipinski definition) is 1. The van der Waals surface area contributed by atoms with Crippen LogP contribution in [0.25, 0.3) is 0 Å². The van der Waals surface area contributed by atoms with Crippen LogP contribution in [0.2, 0.25) is 0 Å². The van der Waals surface area contributed by atoms with Gasteiger partial charge in [-0.3, -0.25) is 0 Å². The highest BCUT2D eigenvalue weighted by atomic mass is 32.2. The van der Waals surface area contributed by atoms with E-state index in [0.29, 0.717) is 16.7 Å². The van der Waals surface area contributed by atoms with Crippen molar-refractivity contribution in [2.75, 3.05) is 27.2 Å². The van der Waals surface area contributed by atoms with Crippen LogP contribution in [-0.2, 0) is 16.4 Å². The van der Waals surface area contributed by atoms with E-state index in [1.54, 1.807) is 13.1 Å². The summed E-state index contributed by atoms with van der Waals surface area (Å²) in [6, 6.07) is 3.66. The van der Waals surface area contributed by atoms with Gasteiger partial charge in [0.05, 0.1) is 0 Å². The van der Waals surface area contributed by atoms with Crippen molar-refractivity contribution < 1.29 is 8.42 Å². The third kappa shape index (κ3) is 3.56. The molecule has 108 valence electrons. The molecule has 2 rings (SSSR count). The van der Waals surface area contributed by atoms with E-state index in [2.05, 4.69) is 5.32 Å². The zero-order valence-corrected chi connectivity index (χ0v) is 13.2. The van der Waals surface area contributed by atoms with Gasteiger partial charge >= 0.3 is 0 Å². The summed E-state index contributed by atoms with van der Waals surface area (Å²) in [5.41, 5.74) is 0. The second kappa shape index (κ2) is 6.35. The van der Waals surface area contributed by atoms with E-state index in [0.717, 1.165) is 30.7 Å². The molecule has 1 aromatic rings. The maximum absolute atomic E-state index is 12.4. The molecule has 0 unspecified atom stereocenters. The molecule has 1 fully saturated rings. The highest BCUT2D eigenvalue weighted by Gasteiger charge is 2.27. The maximum atomic E-state index is 12.4. The van der Waals surface area contributed by atoms with Crippen LogP contribution in [0, 0.1) is 5.92 Å². The Labute approximate surface area is 119 Å². The molecule has 0 amide bonds. The summed E-state index contributed by atoms with van der Waals surface area (Å²) < 4.78 is 26.8. The topological polar surface area (TPSA) is 49.4 Å². The molecular formula is C13H22N2O2S2. The molecule has 1 saturated carbocycles. The lowest BCUT2D eigenvalue weighted by atomic mass is 9.86. The van der Waals surface area contributed by atoms with Crippen molar-refractivity contribution in [3.8, 4) is 0 Å². The zero-order valence-electron chi connectivity index (χ0n) is 11.6. The van der Waals surface area contributed by atoms with E-state index in [-0.39, 0.29) is 0 Å². The SMILES string of the molecule is CNCCc1ccc(S(=O)(=O)N(C)CC2CCC2)s1. The summed E-state index contributed by atoms with van der Waals surface area (Å²) in [7, 11) is 0.313. The summed E-state index contributed by atoms with van der Waals surface area (Å²) in [5.74, 6) is 0.559. The van der Waals surface area contributed by atoms with Gasteiger partial charge in [-0.25, -0.2) is 8.42 Å². The molecule has 1 aromatic heterocycles. The average Bonchev–Trinajstić information content (AvgIpc) is 2.80. The van der Waals surface area contributed by atoms with Crippen molar-refractivity contribution >= 4 is 21.4 Å². The Morgan fingerprint density at radius 2 is 2.16 bits per heavy atom. The molecule has 0 spiro atoms. The van der Waals surface area contributed by atoms with Crippen LogP contribution in [-0.4, -0.2) is 39.9 Å². The summed E-state index contributed by atoms with van der Waals surface area (Å²) in [5, 5.41) is 3.08. The minimum Gasteiger partial charge on any atom is -0.319 e. The lowest BCUT2D eigenvalue weighted by molar-refractivity contribution is 0.263. The number of sulfonamides is 1. The Kier molecular flexibility index (Phi) is 5.00. The Morgan fingerprint density at radius 1 is 1.42 bits per heavy atom. The minimum atomic E-state index is -3.28. The Hall–Kier alpha value is -0.430. The van der Waals surface area contributed by atoms with Gasteiger partial charge in [-0.15, -0.1) is 11.3 Å². The van der Waals surface area contributed by atoms with E-state index in [1.165, 1.54) is 22.1 Å². The van der Waals surface area contributed by atoms with Gasteiger partial charge < -0.3 is 5.32 Å². The summed E-state index contributed by atoms with van der Waals surface area (Å²) in [6.45, 7) is 1.53. The second-order valence-electron chi connectivity index (χ2n) is 5.16. The largest absolute Gasteiger partial charge is 0.319 e. The van der Waals surface area contributed by atoms with E-state index in [1.807, 2.05) is 13.1 Å². The third-order valence-electron chi connectivity index (χ3n) is 3.66. The molecule has 0 bridgehead atoms. The van der Waals surface area contributed by atoms with Gasteiger partial charge in [0, 0.05) is 18.5 Å². The van der Waals surface area contributed by atoms with Crippen molar-refractivity contribution in [1.82, 2.24) is 9.62 Å². The maximum Gasteiger partial charge on any atom is 0.252 e. The van der Waals surface area contributed by atoms with Gasteiger partial charge in [-0.1, -0.05) is 6.42 Å². The highest BCUT2D eigenvalue weighted by molar-refractivity contribution is 7.91. The van der Waals surface area contributed by atoms with Crippen LogP contribution in [0.5, 0.6) is 0 Å². The number of nitrogens with zero attached hydrogens (tertiary/aromatic N) is 1. The molecule has 1 N–H and O–H groups in total. The quantitative estimate of drug-likeness (QED) is 0.837. The molecule has 6 heteroatoms. The van der Waals surface area contributed by atoms with Crippen molar-refractivity contribution in [3.05, 3.63) is 17.0 Å². The van der Waals surface area contributed by atoms with Crippen LogP contribution in [0.1, 0.15) is 24.1 Å². The van der Waals surface area contributed by atoms with Gasteiger partial charge in [-0.2, -0.15) is 4.31 Å². The van der Waals surface area contributed by atoms with Crippen LogP contribution >= 0.6 is 11.3 Å². The zero-order chi connectivity index (χ0) is 13.9. The first-order chi connectivity index (χ1) is 9.04.